The Hall–Kier alpha value is -2.48. The maximum absolute atomic E-state index is 9.99. The van der Waals surface area contributed by atoms with Crippen LogP contribution in [0.25, 0.3) is 22.4 Å². The predicted molar refractivity (Wildman–Crippen MR) is 131 cm³/mol. The summed E-state index contributed by atoms with van der Waals surface area (Å²) in [5, 5.41) is 12.5. The molecule has 4 aromatic rings. The van der Waals surface area contributed by atoms with Gasteiger partial charge < -0.3 is 0 Å². The van der Waals surface area contributed by atoms with Crippen LogP contribution in [-0.4, -0.2) is 4.98 Å². The fraction of sp³-hybridized carbons (Fsp3) is 0.0400. The van der Waals surface area contributed by atoms with Gasteiger partial charge >= 0.3 is 0 Å². The number of hydrogen-bond acceptors (Lipinski definition) is 3. The van der Waals surface area contributed by atoms with Crippen molar-refractivity contribution in [1.29, 1.82) is 5.26 Å². The zero-order chi connectivity index (χ0) is 21.8. The summed E-state index contributed by atoms with van der Waals surface area (Å²) < 4.78 is 0. The van der Waals surface area contributed by atoms with E-state index in [1.807, 2.05) is 72.8 Å². The summed E-state index contributed by atoms with van der Waals surface area (Å²) >= 11 is 19.9. The van der Waals surface area contributed by atoms with Crippen molar-refractivity contribution in [2.45, 2.75) is 10.8 Å². The number of hydrogen-bond donors (Lipinski definition) is 0. The van der Waals surface area contributed by atoms with Crippen molar-refractivity contribution in [3.8, 4) is 28.5 Å². The fourth-order valence-electron chi connectivity index (χ4n) is 3.13. The van der Waals surface area contributed by atoms with Crippen molar-refractivity contribution in [2.24, 2.45) is 0 Å². The highest BCUT2D eigenvalue weighted by molar-refractivity contribution is 7.98. The summed E-state index contributed by atoms with van der Waals surface area (Å²) in [6.07, 6.45) is 0. The molecule has 0 aliphatic carbocycles. The standard InChI is InChI=1S/C25H15Cl3N2S/c26-19-9-6-16(7-10-19)21-13-24(17-4-2-1-3-5-17)30-25(22(21)14-29)31-15-18-8-11-20(27)12-23(18)28/h1-13H,15H2. The van der Waals surface area contributed by atoms with E-state index in [4.69, 9.17) is 39.8 Å². The Bertz CT molecular complexity index is 1270. The number of nitriles is 1. The minimum Gasteiger partial charge on any atom is -0.240 e. The van der Waals surface area contributed by atoms with E-state index in [1.54, 1.807) is 6.07 Å². The Balaban J connectivity index is 1.81. The molecule has 0 fully saturated rings. The van der Waals surface area contributed by atoms with Crippen LogP contribution in [-0.2, 0) is 5.75 Å². The van der Waals surface area contributed by atoms with E-state index in [0.717, 1.165) is 27.9 Å². The molecule has 4 rings (SSSR count). The first-order valence-corrected chi connectivity index (χ1v) is 11.5. The SMILES string of the molecule is N#Cc1c(-c2ccc(Cl)cc2)cc(-c2ccccc2)nc1SCc1ccc(Cl)cc1Cl. The van der Waals surface area contributed by atoms with Crippen LogP contribution in [0.5, 0.6) is 0 Å². The lowest BCUT2D eigenvalue weighted by Crippen LogP contribution is -1.96. The smallest absolute Gasteiger partial charge is 0.115 e. The molecule has 0 aliphatic rings. The van der Waals surface area contributed by atoms with Gasteiger partial charge in [0.2, 0.25) is 0 Å². The number of nitrogens with zero attached hydrogens (tertiary/aromatic N) is 2. The maximum Gasteiger partial charge on any atom is 0.115 e. The molecule has 1 heterocycles. The van der Waals surface area contributed by atoms with E-state index in [0.29, 0.717) is 31.4 Å². The van der Waals surface area contributed by atoms with Crippen molar-refractivity contribution in [2.75, 3.05) is 0 Å². The van der Waals surface area contributed by atoms with E-state index in [1.165, 1.54) is 11.8 Å². The number of halogens is 3. The predicted octanol–water partition coefficient (Wildman–Crippen LogP) is 8.54. The average molecular weight is 482 g/mol. The number of thioether (sulfide) groups is 1. The van der Waals surface area contributed by atoms with Crippen LogP contribution in [0.1, 0.15) is 11.1 Å². The number of benzene rings is 3. The number of aromatic nitrogens is 1. The zero-order valence-electron chi connectivity index (χ0n) is 16.1. The highest BCUT2D eigenvalue weighted by Gasteiger charge is 2.16. The van der Waals surface area contributed by atoms with Gasteiger partial charge in [0.25, 0.3) is 0 Å². The molecule has 6 heteroatoms. The normalized spacial score (nSPS) is 10.6. The summed E-state index contributed by atoms with van der Waals surface area (Å²) in [7, 11) is 0. The van der Waals surface area contributed by atoms with Gasteiger partial charge in [-0.1, -0.05) is 83.3 Å². The fourth-order valence-corrected chi connectivity index (χ4v) is 4.82. The van der Waals surface area contributed by atoms with Gasteiger partial charge in [-0.15, -0.1) is 11.8 Å². The van der Waals surface area contributed by atoms with Crippen LogP contribution < -0.4 is 0 Å². The van der Waals surface area contributed by atoms with E-state index >= 15 is 0 Å². The Morgan fingerprint density at radius 2 is 1.52 bits per heavy atom. The number of rotatable bonds is 5. The van der Waals surface area contributed by atoms with Gasteiger partial charge in [0.05, 0.1) is 11.3 Å². The summed E-state index contributed by atoms with van der Waals surface area (Å²) in [6.45, 7) is 0. The van der Waals surface area contributed by atoms with Crippen molar-refractivity contribution >= 4 is 46.6 Å². The molecule has 1 aromatic heterocycles. The summed E-state index contributed by atoms with van der Waals surface area (Å²) in [5.41, 5.74) is 4.96. The molecule has 0 aliphatic heterocycles. The van der Waals surface area contributed by atoms with Gasteiger partial charge in [0.1, 0.15) is 11.1 Å². The highest BCUT2D eigenvalue weighted by Crippen LogP contribution is 2.36. The molecule has 0 atom stereocenters. The molecule has 3 aromatic carbocycles. The van der Waals surface area contributed by atoms with Gasteiger partial charge in [-0.05, 0) is 41.5 Å². The Labute approximate surface area is 200 Å². The maximum atomic E-state index is 9.99. The van der Waals surface area contributed by atoms with E-state index in [9.17, 15) is 5.26 Å². The topological polar surface area (TPSA) is 36.7 Å². The first-order chi connectivity index (χ1) is 15.0. The second-order valence-electron chi connectivity index (χ2n) is 6.74. The molecule has 0 saturated heterocycles. The number of pyridine rings is 1. The summed E-state index contributed by atoms with van der Waals surface area (Å²) in [5.74, 6) is 0.565. The molecule has 152 valence electrons. The first kappa shape index (κ1) is 21.7. The third-order valence-electron chi connectivity index (χ3n) is 4.70. The first-order valence-electron chi connectivity index (χ1n) is 9.38. The van der Waals surface area contributed by atoms with Gasteiger partial charge in [-0.25, -0.2) is 4.98 Å². The monoisotopic (exact) mass is 480 g/mol. The van der Waals surface area contributed by atoms with Crippen LogP contribution in [0, 0.1) is 11.3 Å². The van der Waals surface area contributed by atoms with Crippen molar-refractivity contribution in [3.63, 3.8) is 0 Å². The Morgan fingerprint density at radius 3 is 2.19 bits per heavy atom. The van der Waals surface area contributed by atoms with Crippen molar-refractivity contribution in [3.05, 3.63) is 105 Å². The molecule has 0 radical (unpaired) electrons. The largest absolute Gasteiger partial charge is 0.240 e. The summed E-state index contributed by atoms with van der Waals surface area (Å²) in [4.78, 5) is 4.83. The molecular formula is C25H15Cl3N2S. The van der Waals surface area contributed by atoms with Crippen LogP contribution >= 0.6 is 46.6 Å². The lowest BCUT2D eigenvalue weighted by molar-refractivity contribution is 1.12. The minimum absolute atomic E-state index is 0.525. The van der Waals surface area contributed by atoms with E-state index in [-0.39, 0.29) is 0 Å². The van der Waals surface area contributed by atoms with Crippen LogP contribution in [0.2, 0.25) is 15.1 Å². The molecule has 0 saturated carbocycles. The Kier molecular flexibility index (Phi) is 6.85. The minimum atomic E-state index is 0.525. The quantitative estimate of drug-likeness (QED) is 0.268. The second kappa shape index (κ2) is 9.77. The highest BCUT2D eigenvalue weighted by atomic mass is 35.5. The summed E-state index contributed by atoms with van der Waals surface area (Å²) in [6, 6.07) is 27.1. The molecule has 0 bridgehead atoms. The van der Waals surface area contributed by atoms with Gasteiger partial charge in [0, 0.05) is 31.9 Å². The van der Waals surface area contributed by atoms with Gasteiger partial charge in [0.15, 0.2) is 0 Å². The molecule has 0 spiro atoms. The van der Waals surface area contributed by atoms with E-state index in [2.05, 4.69) is 6.07 Å². The van der Waals surface area contributed by atoms with Crippen molar-refractivity contribution in [1.82, 2.24) is 4.98 Å². The average Bonchev–Trinajstić information content (AvgIpc) is 2.79. The molecule has 0 amide bonds. The molecular weight excluding hydrogens is 467 g/mol. The van der Waals surface area contributed by atoms with E-state index < -0.39 is 0 Å². The third kappa shape index (κ3) is 5.06. The van der Waals surface area contributed by atoms with Crippen LogP contribution in [0.15, 0.2) is 83.9 Å². The molecule has 31 heavy (non-hydrogen) atoms. The lowest BCUT2D eigenvalue weighted by Gasteiger charge is -2.13. The third-order valence-corrected chi connectivity index (χ3v) is 6.57. The second-order valence-corrected chi connectivity index (χ2v) is 8.99. The van der Waals surface area contributed by atoms with Crippen LogP contribution in [0.3, 0.4) is 0 Å². The molecule has 0 N–H and O–H groups in total. The van der Waals surface area contributed by atoms with Gasteiger partial charge in [-0.2, -0.15) is 5.26 Å². The van der Waals surface area contributed by atoms with Crippen molar-refractivity contribution < 1.29 is 0 Å². The molecule has 2 nitrogen and oxygen atoms in total. The Morgan fingerprint density at radius 1 is 0.806 bits per heavy atom. The lowest BCUT2D eigenvalue weighted by atomic mass is 9.99. The van der Waals surface area contributed by atoms with Gasteiger partial charge in [-0.3, -0.25) is 0 Å². The van der Waals surface area contributed by atoms with Crippen LogP contribution in [0.4, 0.5) is 0 Å². The molecule has 0 unspecified atom stereocenters. The zero-order valence-corrected chi connectivity index (χ0v) is 19.2.